The standard InChI is InChI=1S/C17H25NO/c1-2-17(19)15-9-11-16(12-10-15)18-13-5-8-14-6-3-4-7-14/h9-12,14,18H,2-8,13H2,1H3. The third kappa shape index (κ3) is 4.38. The molecule has 0 radical (unpaired) electrons. The summed E-state index contributed by atoms with van der Waals surface area (Å²) in [7, 11) is 0. The van der Waals surface area contributed by atoms with Gasteiger partial charge in [0.1, 0.15) is 0 Å². The van der Waals surface area contributed by atoms with Crippen molar-refractivity contribution in [2.24, 2.45) is 5.92 Å². The highest BCUT2D eigenvalue weighted by atomic mass is 16.1. The maximum absolute atomic E-state index is 11.5. The van der Waals surface area contributed by atoms with E-state index in [1.807, 2.05) is 31.2 Å². The van der Waals surface area contributed by atoms with E-state index in [1.165, 1.54) is 38.5 Å². The van der Waals surface area contributed by atoms with Crippen molar-refractivity contribution in [2.75, 3.05) is 11.9 Å². The lowest BCUT2D eigenvalue weighted by molar-refractivity contribution is 0.0988. The number of carbonyl (C=O) groups excluding carboxylic acids is 1. The molecule has 2 nitrogen and oxygen atoms in total. The zero-order valence-electron chi connectivity index (χ0n) is 12.0. The van der Waals surface area contributed by atoms with Crippen molar-refractivity contribution in [3.8, 4) is 0 Å². The summed E-state index contributed by atoms with van der Waals surface area (Å²) >= 11 is 0. The van der Waals surface area contributed by atoms with Crippen LogP contribution in [0.15, 0.2) is 24.3 Å². The summed E-state index contributed by atoms with van der Waals surface area (Å²) in [5.74, 6) is 1.19. The number of hydrogen-bond acceptors (Lipinski definition) is 2. The molecule has 0 atom stereocenters. The van der Waals surface area contributed by atoms with E-state index < -0.39 is 0 Å². The molecule has 2 rings (SSSR count). The molecule has 1 saturated carbocycles. The van der Waals surface area contributed by atoms with Gasteiger partial charge in [-0.25, -0.2) is 0 Å². The van der Waals surface area contributed by atoms with Crippen LogP contribution in [0.25, 0.3) is 0 Å². The smallest absolute Gasteiger partial charge is 0.162 e. The molecule has 0 saturated heterocycles. The predicted octanol–water partition coefficient (Wildman–Crippen LogP) is 4.66. The van der Waals surface area contributed by atoms with E-state index in [9.17, 15) is 4.79 Å². The molecule has 1 aliphatic rings. The summed E-state index contributed by atoms with van der Waals surface area (Å²) in [6.45, 7) is 2.94. The zero-order valence-corrected chi connectivity index (χ0v) is 12.0. The number of anilines is 1. The van der Waals surface area contributed by atoms with Gasteiger partial charge in [-0.1, -0.05) is 32.6 Å². The van der Waals surface area contributed by atoms with Crippen LogP contribution < -0.4 is 5.32 Å². The van der Waals surface area contributed by atoms with Crippen LogP contribution >= 0.6 is 0 Å². The van der Waals surface area contributed by atoms with Gasteiger partial charge in [-0.05, 0) is 43.0 Å². The van der Waals surface area contributed by atoms with E-state index >= 15 is 0 Å². The molecule has 1 N–H and O–H groups in total. The van der Waals surface area contributed by atoms with Crippen molar-refractivity contribution in [3.63, 3.8) is 0 Å². The third-order valence-electron chi connectivity index (χ3n) is 4.12. The second kappa shape index (κ2) is 7.32. The van der Waals surface area contributed by atoms with E-state index in [1.54, 1.807) is 0 Å². The maximum atomic E-state index is 11.5. The topological polar surface area (TPSA) is 29.1 Å². The van der Waals surface area contributed by atoms with Crippen LogP contribution in [0.5, 0.6) is 0 Å². The SMILES string of the molecule is CCC(=O)c1ccc(NCCCC2CCCC2)cc1. The molecule has 0 bridgehead atoms. The van der Waals surface area contributed by atoms with Crippen molar-refractivity contribution >= 4 is 11.5 Å². The first-order chi connectivity index (χ1) is 9.29. The summed E-state index contributed by atoms with van der Waals surface area (Å²) in [6.07, 6.45) is 8.94. The Morgan fingerprint density at radius 3 is 2.53 bits per heavy atom. The van der Waals surface area contributed by atoms with Gasteiger partial charge in [0.25, 0.3) is 0 Å². The van der Waals surface area contributed by atoms with Crippen LogP contribution in [-0.2, 0) is 0 Å². The third-order valence-corrected chi connectivity index (χ3v) is 4.12. The lowest BCUT2D eigenvalue weighted by atomic mass is 10.0. The van der Waals surface area contributed by atoms with Crippen molar-refractivity contribution < 1.29 is 4.79 Å². The lowest BCUT2D eigenvalue weighted by Crippen LogP contribution is -2.04. The second-order valence-electron chi connectivity index (χ2n) is 5.57. The normalized spacial score (nSPS) is 15.6. The molecule has 104 valence electrons. The first kappa shape index (κ1) is 14.1. The number of benzene rings is 1. The molecule has 1 fully saturated rings. The van der Waals surface area contributed by atoms with Crippen LogP contribution in [0.1, 0.15) is 62.2 Å². The van der Waals surface area contributed by atoms with Crippen LogP contribution in [0, 0.1) is 5.92 Å². The highest BCUT2D eigenvalue weighted by Crippen LogP contribution is 2.28. The minimum Gasteiger partial charge on any atom is -0.385 e. The highest BCUT2D eigenvalue weighted by Gasteiger charge is 2.13. The molecular weight excluding hydrogens is 234 g/mol. The molecule has 1 aromatic rings. The predicted molar refractivity (Wildman–Crippen MR) is 80.7 cm³/mol. The number of rotatable bonds is 7. The Labute approximate surface area is 116 Å². The summed E-state index contributed by atoms with van der Waals surface area (Å²) in [5, 5.41) is 3.44. The average molecular weight is 259 g/mol. The van der Waals surface area contributed by atoms with Gasteiger partial charge in [0.15, 0.2) is 5.78 Å². The largest absolute Gasteiger partial charge is 0.385 e. The van der Waals surface area contributed by atoms with Gasteiger partial charge in [-0.15, -0.1) is 0 Å². The average Bonchev–Trinajstić information content (AvgIpc) is 2.96. The molecule has 2 heteroatoms. The Morgan fingerprint density at radius 2 is 1.89 bits per heavy atom. The van der Waals surface area contributed by atoms with Gasteiger partial charge in [-0.2, -0.15) is 0 Å². The lowest BCUT2D eigenvalue weighted by Gasteiger charge is -2.10. The Bertz CT molecular complexity index is 390. The van der Waals surface area contributed by atoms with Gasteiger partial charge in [-0.3, -0.25) is 4.79 Å². The minimum absolute atomic E-state index is 0.216. The van der Waals surface area contributed by atoms with Gasteiger partial charge in [0.2, 0.25) is 0 Å². The molecule has 0 aromatic heterocycles. The van der Waals surface area contributed by atoms with Crippen LogP contribution in [0.3, 0.4) is 0 Å². The minimum atomic E-state index is 0.216. The molecule has 0 unspecified atom stereocenters. The Balaban J connectivity index is 1.69. The number of ketones is 1. The fraction of sp³-hybridized carbons (Fsp3) is 0.588. The molecule has 0 heterocycles. The van der Waals surface area contributed by atoms with E-state index in [2.05, 4.69) is 5.32 Å². The van der Waals surface area contributed by atoms with Crippen LogP contribution in [0.2, 0.25) is 0 Å². The first-order valence-corrected chi connectivity index (χ1v) is 7.66. The Morgan fingerprint density at radius 1 is 1.21 bits per heavy atom. The maximum Gasteiger partial charge on any atom is 0.162 e. The van der Waals surface area contributed by atoms with Crippen molar-refractivity contribution in [1.82, 2.24) is 0 Å². The van der Waals surface area contributed by atoms with Gasteiger partial charge >= 0.3 is 0 Å². The Kier molecular flexibility index (Phi) is 5.44. The van der Waals surface area contributed by atoms with Gasteiger partial charge in [0, 0.05) is 24.2 Å². The van der Waals surface area contributed by atoms with Gasteiger partial charge < -0.3 is 5.32 Å². The molecule has 0 spiro atoms. The van der Waals surface area contributed by atoms with E-state index in [-0.39, 0.29) is 5.78 Å². The molecular formula is C17H25NO. The quantitative estimate of drug-likeness (QED) is 0.570. The monoisotopic (exact) mass is 259 g/mol. The fourth-order valence-electron chi connectivity index (χ4n) is 2.90. The summed E-state index contributed by atoms with van der Waals surface area (Å²) < 4.78 is 0. The van der Waals surface area contributed by atoms with Crippen LogP contribution in [0.4, 0.5) is 5.69 Å². The summed E-state index contributed by atoms with van der Waals surface area (Å²) in [4.78, 5) is 11.5. The summed E-state index contributed by atoms with van der Waals surface area (Å²) in [5.41, 5.74) is 1.94. The number of Topliss-reactive ketones (excluding diaryl/α,β-unsaturated/α-hetero) is 1. The molecule has 1 aliphatic carbocycles. The van der Waals surface area contributed by atoms with E-state index in [0.717, 1.165) is 23.7 Å². The fourth-order valence-corrected chi connectivity index (χ4v) is 2.90. The van der Waals surface area contributed by atoms with Crippen molar-refractivity contribution in [1.29, 1.82) is 0 Å². The molecule has 0 aliphatic heterocycles. The molecule has 1 aromatic carbocycles. The number of hydrogen-bond donors (Lipinski definition) is 1. The number of carbonyl (C=O) groups is 1. The first-order valence-electron chi connectivity index (χ1n) is 7.66. The van der Waals surface area contributed by atoms with Gasteiger partial charge in [0.05, 0.1) is 0 Å². The van der Waals surface area contributed by atoms with E-state index in [4.69, 9.17) is 0 Å². The second-order valence-corrected chi connectivity index (χ2v) is 5.57. The number of nitrogens with one attached hydrogen (secondary N) is 1. The highest BCUT2D eigenvalue weighted by molar-refractivity contribution is 5.96. The Hall–Kier alpha value is -1.31. The van der Waals surface area contributed by atoms with Crippen molar-refractivity contribution in [3.05, 3.63) is 29.8 Å². The molecule has 0 amide bonds. The summed E-state index contributed by atoms with van der Waals surface area (Å²) in [6, 6.07) is 7.87. The van der Waals surface area contributed by atoms with Crippen molar-refractivity contribution in [2.45, 2.75) is 51.9 Å². The molecule has 19 heavy (non-hydrogen) atoms. The van der Waals surface area contributed by atoms with Crippen LogP contribution in [-0.4, -0.2) is 12.3 Å². The zero-order chi connectivity index (χ0) is 13.5. The van der Waals surface area contributed by atoms with E-state index in [0.29, 0.717) is 6.42 Å².